The van der Waals surface area contributed by atoms with Crippen molar-refractivity contribution in [2.75, 3.05) is 6.54 Å². The molecule has 2 unspecified atom stereocenters. The van der Waals surface area contributed by atoms with Crippen LogP contribution in [0.25, 0.3) is 0 Å². The van der Waals surface area contributed by atoms with Crippen LogP contribution in [-0.2, 0) is 9.53 Å². The Labute approximate surface area is 122 Å². The van der Waals surface area contributed by atoms with Gasteiger partial charge >= 0.3 is 5.97 Å². The number of ether oxygens (including phenoxy) is 1. The quantitative estimate of drug-likeness (QED) is 0.779. The van der Waals surface area contributed by atoms with Gasteiger partial charge in [0.05, 0.1) is 14.6 Å². The minimum atomic E-state index is -0.934. The molecule has 0 spiro atoms. The highest BCUT2D eigenvalue weighted by Crippen LogP contribution is 2.20. The molecule has 1 aliphatic rings. The zero-order valence-corrected chi connectivity index (χ0v) is 12.4. The van der Waals surface area contributed by atoms with Gasteiger partial charge in [0.15, 0.2) is 6.10 Å². The van der Waals surface area contributed by atoms with Gasteiger partial charge in [0.25, 0.3) is 5.91 Å². The van der Waals surface area contributed by atoms with Gasteiger partial charge in [-0.15, -0.1) is 11.3 Å². The van der Waals surface area contributed by atoms with Crippen LogP contribution in [0.2, 0.25) is 0 Å². The number of nitrogens with one attached hydrogen (secondary N) is 1. The third-order valence-corrected chi connectivity index (χ3v) is 4.49. The second kappa shape index (κ2) is 5.98. The predicted octanol–water partition coefficient (Wildman–Crippen LogP) is 1.71. The molecular formula is C11H12INO4S. The molecule has 5 nitrogen and oxygen atoms in total. The maximum atomic E-state index is 11.8. The van der Waals surface area contributed by atoms with E-state index in [9.17, 15) is 9.59 Å². The van der Waals surface area contributed by atoms with E-state index in [0.29, 0.717) is 24.9 Å². The molecule has 0 bridgehead atoms. The first-order valence-corrected chi connectivity index (χ1v) is 7.42. The maximum absolute atomic E-state index is 11.8. The highest BCUT2D eigenvalue weighted by molar-refractivity contribution is 14.1. The van der Waals surface area contributed by atoms with E-state index in [2.05, 4.69) is 27.9 Å². The lowest BCUT2D eigenvalue weighted by molar-refractivity contribution is -0.149. The molecule has 1 aromatic rings. The van der Waals surface area contributed by atoms with E-state index in [-0.39, 0.29) is 12.0 Å². The Morgan fingerprint density at radius 1 is 1.56 bits per heavy atom. The summed E-state index contributed by atoms with van der Waals surface area (Å²) in [6.45, 7) is 0.356. The molecule has 2 heterocycles. The van der Waals surface area contributed by atoms with E-state index >= 15 is 0 Å². The first-order chi connectivity index (χ1) is 8.56. The number of thiophene rings is 1. The van der Waals surface area contributed by atoms with Crippen molar-refractivity contribution in [2.45, 2.75) is 25.0 Å². The van der Waals surface area contributed by atoms with E-state index in [4.69, 9.17) is 9.84 Å². The number of hydrogen-bond acceptors (Lipinski definition) is 4. The second-order valence-corrected chi connectivity index (χ2v) is 6.82. The summed E-state index contributed by atoms with van der Waals surface area (Å²) in [6, 6.07) is 1.82. The molecule has 2 N–H and O–H groups in total. The van der Waals surface area contributed by atoms with Crippen molar-refractivity contribution < 1.29 is 19.4 Å². The number of amides is 1. The number of rotatable bonds is 4. The minimum absolute atomic E-state index is 0.142. The van der Waals surface area contributed by atoms with Crippen molar-refractivity contribution in [3.63, 3.8) is 0 Å². The van der Waals surface area contributed by atoms with Crippen molar-refractivity contribution in [1.29, 1.82) is 0 Å². The van der Waals surface area contributed by atoms with Crippen LogP contribution >= 0.6 is 33.9 Å². The van der Waals surface area contributed by atoms with Crippen molar-refractivity contribution >= 4 is 45.8 Å². The predicted molar refractivity (Wildman–Crippen MR) is 74.9 cm³/mol. The third kappa shape index (κ3) is 3.42. The van der Waals surface area contributed by atoms with E-state index in [1.54, 1.807) is 5.38 Å². The van der Waals surface area contributed by atoms with Gasteiger partial charge in [-0.1, -0.05) is 0 Å². The fourth-order valence-corrected chi connectivity index (χ4v) is 3.10. The first-order valence-electron chi connectivity index (χ1n) is 5.47. The van der Waals surface area contributed by atoms with Gasteiger partial charge in [0.1, 0.15) is 0 Å². The van der Waals surface area contributed by atoms with Crippen LogP contribution in [0.1, 0.15) is 23.2 Å². The number of carboxylic acids is 1. The number of halogens is 1. The van der Waals surface area contributed by atoms with Crippen molar-refractivity contribution in [3.05, 3.63) is 19.9 Å². The van der Waals surface area contributed by atoms with Crippen LogP contribution in [-0.4, -0.2) is 35.7 Å². The molecule has 98 valence electrons. The topological polar surface area (TPSA) is 75.6 Å². The zero-order chi connectivity index (χ0) is 13.1. The Hall–Kier alpha value is -0.670. The fourth-order valence-electron chi connectivity index (χ4n) is 1.78. The lowest BCUT2D eigenvalue weighted by Gasteiger charge is -2.11. The summed E-state index contributed by atoms with van der Waals surface area (Å²) in [4.78, 5) is 22.4. The Kier molecular flexibility index (Phi) is 4.57. The number of hydrogen-bond donors (Lipinski definition) is 2. The number of carbonyl (C=O) groups is 2. The lowest BCUT2D eigenvalue weighted by Crippen LogP contribution is -2.32. The molecule has 0 aliphatic carbocycles. The number of carbonyl (C=O) groups excluding carboxylic acids is 1. The number of carboxylic acid groups (broad SMARTS) is 1. The molecular weight excluding hydrogens is 369 g/mol. The van der Waals surface area contributed by atoms with Crippen LogP contribution in [0.15, 0.2) is 11.4 Å². The summed E-state index contributed by atoms with van der Waals surface area (Å²) in [7, 11) is 0. The summed E-state index contributed by atoms with van der Waals surface area (Å²) >= 11 is 3.67. The maximum Gasteiger partial charge on any atom is 0.332 e. The van der Waals surface area contributed by atoms with Crippen LogP contribution in [0.3, 0.4) is 0 Å². The molecule has 2 rings (SSSR count). The van der Waals surface area contributed by atoms with E-state index in [1.807, 2.05) is 6.07 Å². The molecule has 0 saturated carbocycles. The molecule has 1 fully saturated rings. The molecule has 1 aromatic heterocycles. The van der Waals surface area contributed by atoms with Gasteiger partial charge in [-0.25, -0.2) is 4.79 Å². The van der Waals surface area contributed by atoms with Crippen molar-refractivity contribution in [1.82, 2.24) is 5.32 Å². The summed E-state index contributed by atoms with van der Waals surface area (Å²) in [5, 5.41) is 13.3. The average Bonchev–Trinajstić information content (AvgIpc) is 2.94. The monoisotopic (exact) mass is 381 g/mol. The molecule has 18 heavy (non-hydrogen) atoms. The molecule has 7 heteroatoms. The largest absolute Gasteiger partial charge is 0.479 e. The smallest absolute Gasteiger partial charge is 0.332 e. The van der Waals surface area contributed by atoms with Gasteiger partial charge in [-0.3, -0.25) is 4.79 Å². The molecule has 1 aliphatic heterocycles. The van der Waals surface area contributed by atoms with Crippen molar-refractivity contribution in [2.24, 2.45) is 0 Å². The average molecular weight is 381 g/mol. The van der Waals surface area contributed by atoms with Crippen LogP contribution in [0.5, 0.6) is 0 Å². The van der Waals surface area contributed by atoms with E-state index in [1.165, 1.54) is 11.3 Å². The highest BCUT2D eigenvalue weighted by Gasteiger charge is 2.30. The Morgan fingerprint density at radius 3 is 2.89 bits per heavy atom. The Morgan fingerprint density at radius 2 is 2.33 bits per heavy atom. The number of aliphatic carboxylic acids is 1. The SMILES string of the molecule is O=C(NCC1CCC(C(=O)O)O1)c1csc(I)c1. The molecule has 1 amide bonds. The summed E-state index contributed by atoms with van der Waals surface area (Å²) in [5.41, 5.74) is 0.636. The normalized spacial score (nSPS) is 22.9. The van der Waals surface area contributed by atoms with Gasteiger partial charge in [-0.2, -0.15) is 0 Å². The molecule has 0 aromatic carbocycles. The molecule has 2 atom stereocenters. The molecule has 0 radical (unpaired) electrons. The zero-order valence-electron chi connectivity index (χ0n) is 9.39. The van der Waals surface area contributed by atoms with Crippen LogP contribution in [0, 0.1) is 2.88 Å². The highest BCUT2D eigenvalue weighted by atomic mass is 127. The summed E-state index contributed by atoms with van der Waals surface area (Å²) < 4.78 is 6.36. The van der Waals surface area contributed by atoms with Gasteiger partial charge in [0, 0.05) is 11.9 Å². The van der Waals surface area contributed by atoms with E-state index in [0.717, 1.165) is 2.88 Å². The summed E-state index contributed by atoms with van der Waals surface area (Å²) in [6.07, 6.45) is 0.242. The molecule has 1 saturated heterocycles. The summed E-state index contributed by atoms with van der Waals surface area (Å²) in [5.74, 6) is -1.08. The lowest BCUT2D eigenvalue weighted by atomic mass is 10.2. The Bertz CT molecular complexity index is 462. The Balaban J connectivity index is 1.79. The van der Waals surface area contributed by atoms with Gasteiger partial charge in [-0.05, 0) is 41.5 Å². The van der Waals surface area contributed by atoms with Crippen molar-refractivity contribution in [3.8, 4) is 0 Å². The van der Waals surface area contributed by atoms with Gasteiger partial charge < -0.3 is 15.2 Å². The fraction of sp³-hybridized carbons (Fsp3) is 0.455. The van der Waals surface area contributed by atoms with E-state index < -0.39 is 12.1 Å². The van der Waals surface area contributed by atoms with Crippen LogP contribution < -0.4 is 5.32 Å². The first kappa shape index (κ1) is 13.8. The van der Waals surface area contributed by atoms with Gasteiger partial charge in [0.2, 0.25) is 0 Å². The minimum Gasteiger partial charge on any atom is -0.479 e. The second-order valence-electron chi connectivity index (χ2n) is 4.01. The third-order valence-electron chi connectivity index (χ3n) is 2.70. The van der Waals surface area contributed by atoms with Crippen LogP contribution in [0.4, 0.5) is 0 Å². The standard InChI is InChI=1S/C11H12INO4S/c12-9-3-6(5-18-9)10(14)13-4-7-1-2-8(17-7)11(15)16/h3,5,7-8H,1-2,4H2,(H,13,14)(H,15,16).